The Labute approximate surface area is 111 Å². The Hall–Kier alpha value is -1.08. The van der Waals surface area contributed by atoms with Gasteiger partial charge in [-0.2, -0.15) is 12.6 Å². The van der Waals surface area contributed by atoms with Crippen LogP contribution < -0.4 is 0 Å². The molecule has 18 heavy (non-hydrogen) atoms. The minimum atomic E-state index is -0.608. The number of imide groups is 1. The van der Waals surface area contributed by atoms with Gasteiger partial charge < -0.3 is 9.94 Å². The van der Waals surface area contributed by atoms with E-state index in [1.807, 2.05) is 0 Å². The van der Waals surface area contributed by atoms with Crippen LogP contribution >= 0.6 is 12.6 Å². The van der Waals surface area contributed by atoms with Gasteiger partial charge in [0.1, 0.15) is 0 Å². The zero-order chi connectivity index (χ0) is 13.5. The summed E-state index contributed by atoms with van der Waals surface area (Å²) < 4.78 is 0. The van der Waals surface area contributed by atoms with Crippen LogP contribution in [-0.4, -0.2) is 40.3 Å². The van der Waals surface area contributed by atoms with E-state index < -0.39 is 17.8 Å². The van der Waals surface area contributed by atoms with Crippen LogP contribution in [0.3, 0.4) is 0 Å². The molecule has 0 aromatic heterocycles. The molecule has 0 spiro atoms. The van der Waals surface area contributed by atoms with Gasteiger partial charge in [-0.05, 0) is 24.5 Å². The topological polar surface area (TPSA) is 83.9 Å². The fourth-order valence-electron chi connectivity index (χ4n) is 1.64. The zero-order valence-electron chi connectivity index (χ0n) is 10.0. The lowest BCUT2D eigenvalue weighted by Crippen LogP contribution is -2.32. The van der Waals surface area contributed by atoms with Crippen molar-refractivity contribution in [2.45, 2.75) is 32.1 Å². The maximum Gasteiger partial charge on any atom is 0.333 e. The number of hydrogen-bond donors (Lipinski definition) is 2. The molecule has 0 aromatic carbocycles. The molecular weight excluding hydrogens is 258 g/mol. The minimum Gasteiger partial charge on any atom is -0.396 e. The first kappa shape index (κ1) is 15.0. The van der Waals surface area contributed by atoms with E-state index in [-0.39, 0.29) is 31.8 Å². The molecule has 0 radical (unpaired) electrons. The third-order valence-electron chi connectivity index (χ3n) is 2.75. The number of hydrogen-bond acceptors (Lipinski definition) is 6. The predicted molar refractivity (Wildman–Crippen MR) is 65.5 cm³/mol. The Morgan fingerprint density at radius 2 is 1.94 bits per heavy atom. The summed E-state index contributed by atoms with van der Waals surface area (Å²) in [4.78, 5) is 38.6. The van der Waals surface area contributed by atoms with Gasteiger partial charge in [0.2, 0.25) is 0 Å². The largest absolute Gasteiger partial charge is 0.396 e. The Morgan fingerprint density at radius 1 is 1.33 bits per heavy atom. The van der Waals surface area contributed by atoms with Gasteiger partial charge in [0.15, 0.2) is 0 Å². The highest BCUT2D eigenvalue weighted by Crippen LogP contribution is 2.16. The Kier molecular flexibility index (Phi) is 6.14. The molecule has 1 N–H and O–H groups in total. The van der Waals surface area contributed by atoms with E-state index in [1.54, 1.807) is 0 Å². The Balaban J connectivity index is 2.33. The Bertz CT molecular complexity index is 317. The van der Waals surface area contributed by atoms with E-state index in [1.165, 1.54) is 0 Å². The first-order valence-corrected chi connectivity index (χ1v) is 6.50. The third kappa shape index (κ3) is 4.30. The molecule has 1 heterocycles. The van der Waals surface area contributed by atoms with Crippen molar-refractivity contribution >= 4 is 30.4 Å². The smallest absolute Gasteiger partial charge is 0.333 e. The molecule has 6 nitrogen and oxygen atoms in total. The summed E-state index contributed by atoms with van der Waals surface area (Å²) in [5.41, 5.74) is 0. The van der Waals surface area contributed by atoms with Crippen LogP contribution in [0.2, 0.25) is 0 Å². The van der Waals surface area contributed by atoms with E-state index in [9.17, 15) is 14.4 Å². The van der Waals surface area contributed by atoms with Gasteiger partial charge in [-0.25, -0.2) is 4.79 Å². The summed E-state index contributed by atoms with van der Waals surface area (Å²) in [5, 5.41) is 9.33. The molecule has 1 rings (SSSR count). The standard InChI is InChI=1S/C11H17NO5S/c13-6-5-8(7-18)1-4-11(16)17-12-9(14)2-3-10(12)15/h8,13,18H,1-7H2. The maximum absolute atomic E-state index is 11.5. The van der Waals surface area contributed by atoms with Crippen LogP contribution in [0.4, 0.5) is 0 Å². The van der Waals surface area contributed by atoms with Crippen LogP contribution in [0.5, 0.6) is 0 Å². The normalized spacial score (nSPS) is 17.1. The average molecular weight is 275 g/mol. The van der Waals surface area contributed by atoms with Crippen LogP contribution in [0.15, 0.2) is 0 Å². The third-order valence-corrected chi connectivity index (χ3v) is 3.27. The first-order valence-electron chi connectivity index (χ1n) is 5.86. The number of carbonyl (C=O) groups excluding carboxylic acids is 3. The summed E-state index contributed by atoms with van der Waals surface area (Å²) in [6.07, 6.45) is 1.37. The highest BCUT2D eigenvalue weighted by atomic mass is 32.1. The number of carbonyl (C=O) groups is 3. The number of aliphatic hydroxyl groups excluding tert-OH is 1. The summed E-state index contributed by atoms with van der Waals surface area (Å²) >= 11 is 4.12. The van der Waals surface area contributed by atoms with Gasteiger partial charge in [0.25, 0.3) is 11.8 Å². The summed E-state index contributed by atoms with van der Waals surface area (Å²) in [5.74, 6) is -0.877. The van der Waals surface area contributed by atoms with Crippen molar-refractivity contribution in [1.29, 1.82) is 0 Å². The molecule has 1 aliphatic rings. The second-order valence-corrected chi connectivity index (χ2v) is 4.51. The molecule has 102 valence electrons. The first-order chi connectivity index (χ1) is 8.58. The molecular formula is C11H17NO5S. The van der Waals surface area contributed by atoms with E-state index in [0.717, 1.165) is 0 Å². The van der Waals surface area contributed by atoms with Gasteiger partial charge in [-0.15, -0.1) is 5.06 Å². The second-order valence-electron chi connectivity index (χ2n) is 4.14. The van der Waals surface area contributed by atoms with Crippen molar-refractivity contribution in [3.8, 4) is 0 Å². The van der Waals surface area contributed by atoms with Crippen molar-refractivity contribution in [3.05, 3.63) is 0 Å². The number of amides is 2. The highest BCUT2D eigenvalue weighted by molar-refractivity contribution is 7.80. The van der Waals surface area contributed by atoms with E-state index >= 15 is 0 Å². The number of aliphatic hydroxyl groups is 1. The van der Waals surface area contributed by atoms with Gasteiger partial charge in [-0.1, -0.05) is 0 Å². The zero-order valence-corrected chi connectivity index (χ0v) is 10.9. The summed E-state index contributed by atoms with van der Waals surface area (Å²) in [6.45, 7) is 0.0450. The molecule has 1 fully saturated rings. The van der Waals surface area contributed by atoms with Crippen LogP contribution in [0, 0.1) is 5.92 Å². The van der Waals surface area contributed by atoms with Crippen molar-refractivity contribution in [2.75, 3.05) is 12.4 Å². The van der Waals surface area contributed by atoms with Crippen LogP contribution in [0.1, 0.15) is 32.1 Å². The van der Waals surface area contributed by atoms with Gasteiger partial charge in [0, 0.05) is 25.9 Å². The fourth-order valence-corrected chi connectivity index (χ4v) is 2.00. The van der Waals surface area contributed by atoms with Crippen molar-refractivity contribution in [1.82, 2.24) is 5.06 Å². The molecule has 1 unspecified atom stereocenters. The maximum atomic E-state index is 11.5. The van der Waals surface area contributed by atoms with Crippen molar-refractivity contribution in [2.24, 2.45) is 5.92 Å². The SMILES string of the molecule is O=C(CCC(CS)CCO)ON1C(=O)CCC1=O. The van der Waals surface area contributed by atoms with Crippen molar-refractivity contribution in [3.63, 3.8) is 0 Å². The molecule has 1 saturated heterocycles. The molecule has 0 bridgehead atoms. The molecule has 0 saturated carbocycles. The molecule has 0 aliphatic carbocycles. The lowest BCUT2D eigenvalue weighted by atomic mass is 10.0. The quantitative estimate of drug-likeness (QED) is 0.516. The molecule has 7 heteroatoms. The number of rotatable bonds is 7. The van der Waals surface area contributed by atoms with Crippen molar-refractivity contribution < 1.29 is 24.3 Å². The van der Waals surface area contributed by atoms with Crippen LogP contribution in [-0.2, 0) is 19.2 Å². The summed E-state index contributed by atoms with van der Waals surface area (Å²) in [6, 6.07) is 0. The molecule has 0 aromatic rings. The lowest BCUT2D eigenvalue weighted by Gasteiger charge is -2.15. The molecule has 1 atom stereocenters. The number of hydroxylamine groups is 2. The Morgan fingerprint density at radius 3 is 2.44 bits per heavy atom. The van der Waals surface area contributed by atoms with E-state index in [0.29, 0.717) is 23.7 Å². The van der Waals surface area contributed by atoms with Gasteiger partial charge >= 0.3 is 5.97 Å². The van der Waals surface area contributed by atoms with Crippen LogP contribution in [0.25, 0.3) is 0 Å². The van der Waals surface area contributed by atoms with Gasteiger partial charge in [0.05, 0.1) is 0 Å². The van der Waals surface area contributed by atoms with Gasteiger partial charge in [-0.3, -0.25) is 9.59 Å². The lowest BCUT2D eigenvalue weighted by molar-refractivity contribution is -0.197. The summed E-state index contributed by atoms with van der Waals surface area (Å²) in [7, 11) is 0. The van der Waals surface area contributed by atoms with E-state index in [4.69, 9.17) is 9.94 Å². The molecule has 1 aliphatic heterocycles. The molecule has 2 amide bonds. The second kappa shape index (κ2) is 7.38. The average Bonchev–Trinajstić information content (AvgIpc) is 2.66. The fraction of sp³-hybridized carbons (Fsp3) is 0.727. The minimum absolute atomic E-state index is 0.0450. The monoisotopic (exact) mass is 275 g/mol. The highest BCUT2D eigenvalue weighted by Gasteiger charge is 2.32. The number of thiol groups is 1. The number of nitrogens with zero attached hydrogens (tertiary/aromatic N) is 1. The predicted octanol–water partition coefficient (Wildman–Crippen LogP) is 0.302. The van der Waals surface area contributed by atoms with E-state index in [2.05, 4.69) is 12.6 Å².